The van der Waals surface area contributed by atoms with Crippen LogP contribution in [0.3, 0.4) is 0 Å². The molecule has 0 fully saturated rings. The fraction of sp³-hybridized carbons (Fsp3) is 0.250. The number of halogens is 3. The van der Waals surface area contributed by atoms with Gasteiger partial charge in [0.2, 0.25) is 0 Å². The van der Waals surface area contributed by atoms with E-state index in [9.17, 15) is 18.3 Å². The number of fused-ring (bicyclic) bond motifs is 1. The Morgan fingerprint density at radius 2 is 1.64 bits per heavy atom. The molecule has 1 N–H and O–H groups in total. The maximum absolute atomic E-state index is 12.9. The minimum absolute atomic E-state index is 0.208. The van der Waals surface area contributed by atoms with Crippen molar-refractivity contribution in [3.05, 3.63) is 47.5 Å². The van der Waals surface area contributed by atoms with E-state index in [4.69, 9.17) is 9.47 Å². The lowest BCUT2D eigenvalue weighted by atomic mass is 9.99. The second-order valence-corrected chi connectivity index (χ2v) is 4.93. The van der Waals surface area contributed by atoms with Crippen LogP contribution in [0.1, 0.15) is 11.1 Å². The highest BCUT2D eigenvalue weighted by atomic mass is 19.4. The van der Waals surface area contributed by atoms with Crippen molar-refractivity contribution in [2.45, 2.75) is 12.8 Å². The second-order valence-electron chi connectivity index (χ2n) is 4.93. The molecule has 0 aliphatic carbocycles. The number of aliphatic hydroxyl groups is 1. The lowest BCUT2D eigenvalue weighted by molar-refractivity contribution is -0.137. The van der Waals surface area contributed by atoms with Crippen molar-refractivity contribution < 1.29 is 27.8 Å². The number of alkyl halides is 3. The molecule has 1 aliphatic heterocycles. The van der Waals surface area contributed by atoms with Crippen molar-refractivity contribution in [3.8, 4) is 22.6 Å². The van der Waals surface area contributed by atoms with Crippen LogP contribution in [0, 0.1) is 0 Å². The van der Waals surface area contributed by atoms with E-state index >= 15 is 0 Å². The zero-order valence-electron chi connectivity index (χ0n) is 11.5. The predicted octanol–water partition coefficient (Wildman–Crippen LogP) is 3.64. The van der Waals surface area contributed by atoms with Crippen LogP contribution in [-0.2, 0) is 12.8 Å². The summed E-state index contributed by atoms with van der Waals surface area (Å²) >= 11 is 0. The Labute approximate surface area is 124 Å². The molecule has 0 bridgehead atoms. The van der Waals surface area contributed by atoms with E-state index in [-0.39, 0.29) is 5.56 Å². The predicted molar refractivity (Wildman–Crippen MR) is 73.8 cm³/mol. The molecule has 0 aromatic heterocycles. The lowest BCUT2D eigenvalue weighted by Crippen LogP contribution is -2.15. The summed E-state index contributed by atoms with van der Waals surface area (Å²) in [6.45, 7) is 0.396. The van der Waals surface area contributed by atoms with E-state index in [2.05, 4.69) is 0 Å². The molecule has 0 radical (unpaired) electrons. The molecule has 0 amide bonds. The van der Waals surface area contributed by atoms with Crippen LogP contribution >= 0.6 is 0 Å². The minimum atomic E-state index is -4.46. The molecule has 0 spiro atoms. The van der Waals surface area contributed by atoms with Gasteiger partial charge >= 0.3 is 6.18 Å². The van der Waals surface area contributed by atoms with Crippen LogP contribution in [0.15, 0.2) is 36.4 Å². The number of rotatable bonds is 2. The van der Waals surface area contributed by atoms with Crippen molar-refractivity contribution in [1.29, 1.82) is 0 Å². The summed E-state index contributed by atoms with van der Waals surface area (Å²) in [5.41, 5.74) is 0.365. The Morgan fingerprint density at radius 1 is 0.909 bits per heavy atom. The van der Waals surface area contributed by atoms with Crippen molar-refractivity contribution in [2.75, 3.05) is 13.2 Å². The van der Waals surface area contributed by atoms with Gasteiger partial charge in [0.25, 0.3) is 0 Å². The van der Waals surface area contributed by atoms with Crippen LogP contribution in [0.4, 0.5) is 13.2 Å². The molecule has 3 nitrogen and oxygen atoms in total. The van der Waals surface area contributed by atoms with Crippen LogP contribution in [0.5, 0.6) is 11.5 Å². The van der Waals surface area contributed by atoms with Crippen LogP contribution in [0.2, 0.25) is 0 Å². The van der Waals surface area contributed by atoms with Crippen LogP contribution < -0.4 is 9.47 Å². The summed E-state index contributed by atoms with van der Waals surface area (Å²) in [6.07, 6.45) is -4.46. The number of ether oxygens (including phenoxy) is 2. The fourth-order valence-electron chi connectivity index (χ4n) is 2.34. The number of hydrogen-bond acceptors (Lipinski definition) is 3. The minimum Gasteiger partial charge on any atom is -0.486 e. The average Bonchev–Trinajstić information content (AvgIpc) is 2.53. The van der Waals surface area contributed by atoms with Gasteiger partial charge in [0.15, 0.2) is 11.5 Å². The second kappa shape index (κ2) is 5.53. The summed E-state index contributed by atoms with van der Waals surface area (Å²) in [5.74, 6) is 1.08. The highest BCUT2D eigenvalue weighted by Gasteiger charge is 2.31. The van der Waals surface area contributed by atoms with Gasteiger partial charge in [0.1, 0.15) is 13.2 Å². The Morgan fingerprint density at radius 3 is 2.32 bits per heavy atom. The molecule has 2 aromatic carbocycles. The van der Waals surface area contributed by atoms with Gasteiger partial charge in [-0.3, -0.25) is 0 Å². The van der Waals surface area contributed by atoms with Gasteiger partial charge in [-0.15, -0.1) is 0 Å². The van der Waals surface area contributed by atoms with Crippen molar-refractivity contribution in [3.63, 3.8) is 0 Å². The molecular weight excluding hydrogens is 297 g/mol. The normalized spacial score (nSPS) is 14.0. The topological polar surface area (TPSA) is 38.7 Å². The third-order valence-electron chi connectivity index (χ3n) is 3.38. The van der Waals surface area contributed by atoms with Gasteiger partial charge in [0, 0.05) is 0 Å². The van der Waals surface area contributed by atoms with E-state index in [1.165, 1.54) is 6.07 Å². The first-order chi connectivity index (χ1) is 10.5. The molecule has 2 aromatic rings. The highest BCUT2D eigenvalue weighted by Crippen LogP contribution is 2.37. The molecule has 0 saturated carbocycles. The summed E-state index contributed by atoms with van der Waals surface area (Å²) in [5, 5.41) is 9.18. The Kier molecular flexibility index (Phi) is 3.70. The molecule has 3 rings (SSSR count). The van der Waals surface area contributed by atoms with Gasteiger partial charge in [-0.25, -0.2) is 0 Å². The van der Waals surface area contributed by atoms with Crippen molar-refractivity contribution >= 4 is 0 Å². The third-order valence-corrected chi connectivity index (χ3v) is 3.38. The van der Waals surface area contributed by atoms with Gasteiger partial charge in [-0.1, -0.05) is 6.07 Å². The quantitative estimate of drug-likeness (QED) is 0.920. The van der Waals surface area contributed by atoms with E-state index in [0.29, 0.717) is 35.8 Å². The van der Waals surface area contributed by atoms with E-state index in [1.54, 1.807) is 18.2 Å². The number of benzene rings is 2. The monoisotopic (exact) mass is 310 g/mol. The first kappa shape index (κ1) is 14.7. The lowest BCUT2D eigenvalue weighted by Gasteiger charge is -2.19. The molecule has 22 heavy (non-hydrogen) atoms. The molecule has 6 heteroatoms. The molecule has 0 saturated heterocycles. The summed E-state index contributed by atoms with van der Waals surface area (Å²) in [7, 11) is 0. The van der Waals surface area contributed by atoms with Crippen molar-refractivity contribution in [1.82, 2.24) is 0 Å². The van der Waals surface area contributed by atoms with E-state index in [1.807, 2.05) is 0 Å². The molecular formula is C16H13F3O3. The van der Waals surface area contributed by atoms with Gasteiger partial charge < -0.3 is 14.6 Å². The molecule has 0 atom stereocenters. The maximum Gasteiger partial charge on any atom is 0.416 e. The molecule has 0 unspecified atom stereocenters. The first-order valence-corrected chi connectivity index (χ1v) is 6.69. The van der Waals surface area contributed by atoms with Gasteiger partial charge in [0.05, 0.1) is 12.2 Å². The largest absolute Gasteiger partial charge is 0.486 e. The zero-order chi connectivity index (χ0) is 15.7. The van der Waals surface area contributed by atoms with Crippen LogP contribution in [0.25, 0.3) is 11.1 Å². The Bertz CT molecular complexity index is 696. The van der Waals surface area contributed by atoms with Crippen molar-refractivity contribution in [2.24, 2.45) is 0 Å². The standard InChI is InChI=1S/C16H13F3O3/c17-16(18,19)13-6-10(9-20)5-12(7-13)11-1-2-14-15(8-11)22-4-3-21-14/h1-2,5-8,20H,3-4,9H2. The summed E-state index contributed by atoms with van der Waals surface area (Å²) < 4.78 is 49.7. The van der Waals surface area contributed by atoms with Gasteiger partial charge in [-0.2, -0.15) is 13.2 Å². The van der Waals surface area contributed by atoms with E-state index < -0.39 is 18.3 Å². The number of hydrogen-bond donors (Lipinski definition) is 1. The first-order valence-electron chi connectivity index (χ1n) is 6.69. The SMILES string of the molecule is OCc1cc(-c2ccc3c(c2)OCCO3)cc(C(F)(F)F)c1. The van der Waals surface area contributed by atoms with Gasteiger partial charge in [-0.05, 0) is 47.0 Å². The highest BCUT2D eigenvalue weighted by molar-refractivity contribution is 5.69. The molecule has 1 heterocycles. The average molecular weight is 310 g/mol. The number of aliphatic hydroxyl groups excluding tert-OH is 1. The Hall–Kier alpha value is -2.21. The Balaban J connectivity index is 2.07. The smallest absolute Gasteiger partial charge is 0.416 e. The summed E-state index contributed by atoms with van der Waals surface area (Å²) in [6, 6.07) is 8.52. The molecule has 1 aliphatic rings. The fourth-order valence-corrected chi connectivity index (χ4v) is 2.34. The maximum atomic E-state index is 12.9. The van der Waals surface area contributed by atoms with Crippen LogP contribution in [-0.4, -0.2) is 18.3 Å². The third kappa shape index (κ3) is 2.87. The molecule has 116 valence electrons. The summed E-state index contributed by atoms with van der Waals surface area (Å²) in [4.78, 5) is 0. The zero-order valence-corrected chi connectivity index (χ0v) is 11.5. The van der Waals surface area contributed by atoms with E-state index in [0.717, 1.165) is 12.1 Å².